The number of azo groups is 1. The molecule has 0 bridgehead atoms. The Bertz CT molecular complexity index is 1170. The third-order valence-corrected chi connectivity index (χ3v) is 4.43. The van der Waals surface area contributed by atoms with Crippen LogP contribution in [0.1, 0.15) is 11.3 Å². The molecule has 4 aromatic rings. The Morgan fingerprint density at radius 3 is 2.27 bits per heavy atom. The van der Waals surface area contributed by atoms with Crippen LogP contribution in [-0.4, -0.2) is 9.78 Å². The summed E-state index contributed by atoms with van der Waals surface area (Å²) in [5.41, 5.74) is 3.48. The number of fused-ring (bicyclic) bond motifs is 1. The van der Waals surface area contributed by atoms with Crippen molar-refractivity contribution in [1.82, 2.24) is 9.78 Å². The van der Waals surface area contributed by atoms with Gasteiger partial charge in [0, 0.05) is 5.39 Å². The van der Waals surface area contributed by atoms with Crippen LogP contribution in [0.2, 0.25) is 0 Å². The Morgan fingerprint density at radius 2 is 1.50 bits per heavy atom. The van der Waals surface area contributed by atoms with Gasteiger partial charge in [0.25, 0.3) is 5.56 Å². The molecule has 0 saturated carbocycles. The van der Waals surface area contributed by atoms with Crippen LogP contribution >= 0.6 is 0 Å². The van der Waals surface area contributed by atoms with Gasteiger partial charge in [-0.05, 0) is 43.0 Å². The summed E-state index contributed by atoms with van der Waals surface area (Å²) in [6.45, 7) is 3.89. The number of hydrogen-bond donors (Lipinski definition) is 1. The molecule has 0 unspecified atom stereocenters. The first-order valence-electron chi connectivity index (χ1n) is 8.42. The number of para-hydroxylation sites is 1. The summed E-state index contributed by atoms with van der Waals surface area (Å²) in [5, 5.41) is 13.8. The Morgan fingerprint density at radius 1 is 0.808 bits per heavy atom. The predicted molar refractivity (Wildman–Crippen MR) is 104 cm³/mol. The topological polar surface area (TPSA) is 62.5 Å². The van der Waals surface area contributed by atoms with Crippen LogP contribution < -0.4 is 5.56 Å². The normalized spacial score (nSPS) is 11.5. The molecule has 0 atom stereocenters. The first-order chi connectivity index (χ1) is 12.6. The number of rotatable bonds is 3. The molecule has 0 aliphatic heterocycles. The number of aryl methyl sites for hydroxylation is 2. The molecule has 4 rings (SSSR count). The van der Waals surface area contributed by atoms with E-state index in [1.807, 2.05) is 67.6 Å². The van der Waals surface area contributed by atoms with Gasteiger partial charge in [0.15, 0.2) is 5.69 Å². The highest BCUT2D eigenvalue weighted by atomic mass is 16.1. The van der Waals surface area contributed by atoms with E-state index in [4.69, 9.17) is 0 Å². The van der Waals surface area contributed by atoms with Crippen molar-refractivity contribution in [3.63, 3.8) is 0 Å². The van der Waals surface area contributed by atoms with Crippen molar-refractivity contribution in [2.75, 3.05) is 0 Å². The predicted octanol–water partition coefficient (Wildman–Crippen LogP) is 5.35. The molecule has 0 radical (unpaired) electrons. The molecule has 0 spiro atoms. The van der Waals surface area contributed by atoms with Crippen LogP contribution in [0.5, 0.6) is 0 Å². The highest BCUT2D eigenvalue weighted by Gasteiger charge is 2.12. The summed E-state index contributed by atoms with van der Waals surface area (Å²) < 4.78 is 1.48. The summed E-state index contributed by atoms with van der Waals surface area (Å²) in [4.78, 5) is 12.7. The number of aromatic amines is 1. The van der Waals surface area contributed by atoms with Crippen LogP contribution in [0.15, 0.2) is 81.8 Å². The van der Waals surface area contributed by atoms with E-state index in [2.05, 4.69) is 28.3 Å². The lowest BCUT2D eigenvalue weighted by atomic mass is 10.0. The van der Waals surface area contributed by atoms with Gasteiger partial charge in [-0.25, -0.2) is 4.68 Å². The van der Waals surface area contributed by atoms with E-state index in [1.165, 1.54) is 10.2 Å². The van der Waals surface area contributed by atoms with Gasteiger partial charge in [-0.15, -0.1) is 10.2 Å². The Balaban J connectivity index is 1.79. The van der Waals surface area contributed by atoms with Gasteiger partial charge >= 0.3 is 0 Å². The monoisotopic (exact) mass is 342 g/mol. The van der Waals surface area contributed by atoms with Crippen LogP contribution in [-0.2, 0) is 0 Å². The standard InChI is InChI=1S/C21H18N4O/c1-14-12-13-19(18-11-7-6-10-17(14)18)22-23-20-15(2)24-25(21(20)26)16-8-4-3-5-9-16/h3-13,24H,1-2H3. The fourth-order valence-corrected chi connectivity index (χ4v) is 3.04. The highest BCUT2D eigenvalue weighted by Crippen LogP contribution is 2.29. The van der Waals surface area contributed by atoms with Gasteiger partial charge < -0.3 is 0 Å². The lowest BCUT2D eigenvalue weighted by Crippen LogP contribution is -2.13. The van der Waals surface area contributed by atoms with Gasteiger partial charge in [0.2, 0.25) is 0 Å². The number of benzene rings is 3. The number of nitrogens with one attached hydrogen (secondary N) is 1. The summed E-state index contributed by atoms with van der Waals surface area (Å²) >= 11 is 0. The first-order valence-corrected chi connectivity index (χ1v) is 8.42. The Labute approximate surface area is 150 Å². The molecule has 26 heavy (non-hydrogen) atoms. The van der Waals surface area contributed by atoms with Crippen LogP contribution in [0.4, 0.5) is 11.4 Å². The maximum absolute atomic E-state index is 12.7. The molecule has 0 saturated heterocycles. The molecule has 1 N–H and O–H groups in total. The summed E-state index contributed by atoms with van der Waals surface area (Å²) in [6, 6.07) is 21.4. The van der Waals surface area contributed by atoms with Gasteiger partial charge in [-0.1, -0.05) is 48.5 Å². The quantitative estimate of drug-likeness (QED) is 0.501. The summed E-state index contributed by atoms with van der Waals surface area (Å²) in [6.07, 6.45) is 0. The lowest BCUT2D eigenvalue weighted by molar-refractivity contribution is 0.835. The van der Waals surface area contributed by atoms with E-state index in [0.717, 1.165) is 22.1 Å². The zero-order valence-corrected chi connectivity index (χ0v) is 14.6. The lowest BCUT2D eigenvalue weighted by Gasteiger charge is -2.03. The molecule has 0 fully saturated rings. The van der Waals surface area contributed by atoms with Crippen molar-refractivity contribution in [2.45, 2.75) is 13.8 Å². The van der Waals surface area contributed by atoms with E-state index in [0.29, 0.717) is 11.4 Å². The first kappa shape index (κ1) is 16.0. The average molecular weight is 342 g/mol. The van der Waals surface area contributed by atoms with Crippen LogP contribution in [0.3, 0.4) is 0 Å². The number of hydrogen-bond acceptors (Lipinski definition) is 3. The van der Waals surface area contributed by atoms with Gasteiger partial charge in [0.1, 0.15) is 0 Å². The van der Waals surface area contributed by atoms with E-state index in [-0.39, 0.29) is 5.56 Å². The zero-order valence-electron chi connectivity index (χ0n) is 14.6. The van der Waals surface area contributed by atoms with E-state index in [1.54, 1.807) is 0 Å². The fraction of sp³-hybridized carbons (Fsp3) is 0.0952. The molecule has 1 aromatic heterocycles. The molecule has 0 aliphatic carbocycles. The molecule has 128 valence electrons. The Hall–Kier alpha value is -3.47. The maximum atomic E-state index is 12.7. The molecule has 0 amide bonds. The van der Waals surface area contributed by atoms with Crippen molar-refractivity contribution < 1.29 is 0 Å². The van der Waals surface area contributed by atoms with Crippen molar-refractivity contribution in [3.8, 4) is 5.69 Å². The van der Waals surface area contributed by atoms with Gasteiger partial charge in [0.05, 0.1) is 17.1 Å². The largest absolute Gasteiger partial charge is 0.299 e. The van der Waals surface area contributed by atoms with Crippen molar-refractivity contribution in [1.29, 1.82) is 0 Å². The zero-order chi connectivity index (χ0) is 18.1. The fourth-order valence-electron chi connectivity index (χ4n) is 3.04. The second kappa shape index (κ2) is 6.44. The summed E-state index contributed by atoms with van der Waals surface area (Å²) in [5.74, 6) is 0. The van der Waals surface area contributed by atoms with Crippen LogP contribution in [0, 0.1) is 13.8 Å². The smallest absolute Gasteiger partial charge is 0.293 e. The minimum atomic E-state index is -0.214. The molecule has 5 nitrogen and oxygen atoms in total. The van der Waals surface area contributed by atoms with Crippen molar-refractivity contribution >= 4 is 22.1 Å². The van der Waals surface area contributed by atoms with Crippen LogP contribution in [0.25, 0.3) is 16.5 Å². The Kier molecular flexibility index (Phi) is 3.97. The molecular formula is C21H18N4O. The van der Waals surface area contributed by atoms with Crippen molar-refractivity contribution in [3.05, 3.63) is 88.3 Å². The molecule has 0 aliphatic rings. The number of aromatic nitrogens is 2. The summed E-state index contributed by atoms with van der Waals surface area (Å²) in [7, 11) is 0. The maximum Gasteiger partial charge on any atom is 0.299 e. The van der Waals surface area contributed by atoms with E-state index >= 15 is 0 Å². The minimum absolute atomic E-state index is 0.214. The number of H-pyrrole nitrogens is 1. The molecule has 3 aromatic carbocycles. The highest BCUT2D eigenvalue weighted by molar-refractivity contribution is 5.94. The number of nitrogens with zero attached hydrogens (tertiary/aromatic N) is 3. The van der Waals surface area contributed by atoms with E-state index < -0.39 is 0 Å². The average Bonchev–Trinajstić information content (AvgIpc) is 2.96. The van der Waals surface area contributed by atoms with E-state index in [9.17, 15) is 4.79 Å². The molecular weight excluding hydrogens is 324 g/mol. The second-order valence-corrected chi connectivity index (χ2v) is 6.21. The third-order valence-electron chi connectivity index (χ3n) is 4.43. The third kappa shape index (κ3) is 2.73. The second-order valence-electron chi connectivity index (χ2n) is 6.21. The van der Waals surface area contributed by atoms with Gasteiger partial charge in [-0.2, -0.15) is 0 Å². The minimum Gasteiger partial charge on any atom is -0.293 e. The van der Waals surface area contributed by atoms with Gasteiger partial charge in [-0.3, -0.25) is 9.89 Å². The molecule has 5 heteroatoms. The SMILES string of the molecule is Cc1[nH]n(-c2ccccc2)c(=O)c1N=Nc1ccc(C)c2ccccc12. The molecule has 1 heterocycles. The van der Waals surface area contributed by atoms with Crippen molar-refractivity contribution in [2.24, 2.45) is 10.2 Å².